The zero-order chi connectivity index (χ0) is 15.1. The second kappa shape index (κ2) is 8.02. The number of rotatable bonds is 7. The van der Waals surface area contributed by atoms with Crippen LogP contribution in [0.4, 0.5) is 0 Å². The molecule has 0 spiro atoms. The third-order valence-corrected chi connectivity index (χ3v) is 3.99. The van der Waals surface area contributed by atoms with Crippen LogP contribution in [-0.4, -0.2) is 26.2 Å². The number of halogens is 1. The highest BCUT2D eigenvalue weighted by Gasteiger charge is 2.09. The van der Waals surface area contributed by atoms with Crippen LogP contribution in [0.3, 0.4) is 0 Å². The standard InChI is InChI=1S/C15H16ClNO3S/c1-19-7-6-17-15(18)14-8-11(10-21-14)9-20-13-5-3-2-4-12(13)16/h2-5,8,10H,6-7,9H2,1H3,(H,17,18). The maximum Gasteiger partial charge on any atom is 0.261 e. The number of benzene rings is 1. The van der Waals surface area contributed by atoms with Crippen LogP contribution in [-0.2, 0) is 11.3 Å². The molecule has 0 unspecified atom stereocenters. The number of hydrogen-bond acceptors (Lipinski definition) is 4. The van der Waals surface area contributed by atoms with Crippen LogP contribution in [0.25, 0.3) is 0 Å². The summed E-state index contributed by atoms with van der Waals surface area (Å²) in [6, 6.07) is 9.13. The van der Waals surface area contributed by atoms with Crippen molar-refractivity contribution in [3.8, 4) is 5.75 Å². The fourth-order valence-electron chi connectivity index (χ4n) is 1.65. The van der Waals surface area contributed by atoms with Crippen molar-refractivity contribution in [3.05, 3.63) is 51.2 Å². The summed E-state index contributed by atoms with van der Waals surface area (Å²) in [6.45, 7) is 1.38. The summed E-state index contributed by atoms with van der Waals surface area (Å²) in [5.74, 6) is 0.539. The second-order valence-electron chi connectivity index (χ2n) is 4.29. The van der Waals surface area contributed by atoms with Crippen LogP contribution in [0, 0.1) is 0 Å². The summed E-state index contributed by atoms with van der Waals surface area (Å²) in [6.07, 6.45) is 0. The molecule has 0 saturated carbocycles. The Balaban J connectivity index is 1.88. The Morgan fingerprint density at radius 2 is 2.19 bits per heavy atom. The Morgan fingerprint density at radius 3 is 2.95 bits per heavy atom. The predicted octanol–water partition coefficient (Wildman–Crippen LogP) is 3.36. The molecule has 112 valence electrons. The molecule has 0 saturated heterocycles. The van der Waals surface area contributed by atoms with Gasteiger partial charge in [0.15, 0.2) is 0 Å². The second-order valence-corrected chi connectivity index (χ2v) is 5.61. The van der Waals surface area contributed by atoms with Crippen LogP contribution in [0.5, 0.6) is 5.75 Å². The molecule has 4 nitrogen and oxygen atoms in total. The molecule has 1 aromatic carbocycles. The molecule has 1 N–H and O–H groups in total. The van der Waals surface area contributed by atoms with Crippen molar-refractivity contribution in [1.82, 2.24) is 5.32 Å². The van der Waals surface area contributed by atoms with Crippen LogP contribution < -0.4 is 10.1 Å². The first-order valence-corrected chi connectivity index (χ1v) is 7.68. The van der Waals surface area contributed by atoms with Crippen molar-refractivity contribution in [2.45, 2.75) is 6.61 Å². The van der Waals surface area contributed by atoms with E-state index in [1.807, 2.05) is 29.6 Å². The summed E-state index contributed by atoms with van der Waals surface area (Å²) in [5.41, 5.74) is 0.941. The summed E-state index contributed by atoms with van der Waals surface area (Å²) in [4.78, 5) is 12.5. The Kier molecular flexibility index (Phi) is 6.04. The Hall–Kier alpha value is -1.56. The molecule has 2 rings (SSSR count). The van der Waals surface area contributed by atoms with E-state index in [0.717, 1.165) is 5.56 Å². The van der Waals surface area contributed by atoms with E-state index in [1.165, 1.54) is 11.3 Å². The number of carbonyl (C=O) groups is 1. The van der Waals surface area contributed by atoms with Gasteiger partial charge in [0.05, 0.1) is 16.5 Å². The van der Waals surface area contributed by atoms with Crippen LogP contribution >= 0.6 is 22.9 Å². The molecular weight excluding hydrogens is 310 g/mol. The minimum atomic E-state index is -0.0963. The maximum atomic E-state index is 11.8. The quantitative estimate of drug-likeness (QED) is 0.794. The minimum absolute atomic E-state index is 0.0963. The molecule has 1 heterocycles. The molecule has 21 heavy (non-hydrogen) atoms. The lowest BCUT2D eigenvalue weighted by molar-refractivity contribution is 0.0941. The number of carbonyl (C=O) groups excluding carboxylic acids is 1. The summed E-state index contributed by atoms with van der Waals surface area (Å²) in [5, 5.41) is 5.26. The van der Waals surface area contributed by atoms with E-state index in [2.05, 4.69) is 5.32 Å². The average Bonchev–Trinajstić information content (AvgIpc) is 2.95. The monoisotopic (exact) mass is 325 g/mol. The maximum absolute atomic E-state index is 11.8. The van der Waals surface area contributed by atoms with Gasteiger partial charge in [-0.25, -0.2) is 0 Å². The molecule has 6 heteroatoms. The largest absolute Gasteiger partial charge is 0.487 e. The molecule has 1 amide bonds. The van der Waals surface area contributed by atoms with Gasteiger partial charge in [0.2, 0.25) is 0 Å². The molecule has 2 aromatic rings. The predicted molar refractivity (Wildman–Crippen MR) is 84.3 cm³/mol. The van der Waals surface area contributed by atoms with E-state index < -0.39 is 0 Å². The summed E-state index contributed by atoms with van der Waals surface area (Å²) < 4.78 is 10.5. The number of methoxy groups -OCH3 is 1. The number of hydrogen-bond donors (Lipinski definition) is 1. The van der Waals surface area contributed by atoms with E-state index in [9.17, 15) is 4.79 Å². The van der Waals surface area contributed by atoms with Crippen molar-refractivity contribution in [2.75, 3.05) is 20.3 Å². The molecule has 0 aliphatic rings. The molecule has 0 radical (unpaired) electrons. The van der Waals surface area contributed by atoms with Crippen molar-refractivity contribution in [3.63, 3.8) is 0 Å². The average molecular weight is 326 g/mol. The highest BCUT2D eigenvalue weighted by atomic mass is 35.5. The molecule has 0 aliphatic carbocycles. The zero-order valence-electron chi connectivity index (χ0n) is 11.6. The molecular formula is C15H16ClNO3S. The van der Waals surface area contributed by atoms with Gasteiger partial charge >= 0.3 is 0 Å². The van der Waals surface area contributed by atoms with Gasteiger partial charge in [-0.15, -0.1) is 11.3 Å². The first kappa shape index (κ1) is 15.8. The lowest BCUT2D eigenvalue weighted by Crippen LogP contribution is -2.26. The Morgan fingerprint density at radius 1 is 1.38 bits per heavy atom. The summed E-state index contributed by atoms with van der Waals surface area (Å²) in [7, 11) is 1.60. The highest BCUT2D eigenvalue weighted by Crippen LogP contribution is 2.25. The number of para-hydroxylation sites is 1. The number of thiophene rings is 1. The fourth-order valence-corrected chi connectivity index (χ4v) is 2.65. The first-order chi connectivity index (χ1) is 10.2. The van der Waals surface area contributed by atoms with Gasteiger partial charge in [0.25, 0.3) is 5.91 Å². The van der Waals surface area contributed by atoms with Gasteiger partial charge in [-0.1, -0.05) is 23.7 Å². The molecule has 0 atom stereocenters. The van der Waals surface area contributed by atoms with E-state index in [1.54, 1.807) is 13.2 Å². The minimum Gasteiger partial charge on any atom is -0.487 e. The Bertz CT molecular complexity index is 600. The van der Waals surface area contributed by atoms with Crippen molar-refractivity contribution >= 4 is 28.8 Å². The van der Waals surface area contributed by atoms with Gasteiger partial charge < -0.3 is 14.8 Å². The molecule has 0 aliphatic heterocycles. The number of amides is 1. The first-order valence-electron chi connectivity index (χ1n) is 6.42. The van der Waals surface area contributed by atoms with E-state index in [4.69, 9.17) is 21.1 Å². The normalized spacial score (nSPS) is 10.4. The SMILES string of the molecule is COCCNC(=O)c1cc(COc2ccccc2Cl)cs1. The van der Waals surface area contributed by atoms with Gasteiger partial charge in [0, 0.05) is 19.2 Å². The van der Waals surface area contributed by atoms with Crippen LogP contribution in [0.1, 0.15) is 15.2 Å². The van der Waals surface area contributed by atoms with Gasteiger partial charge in [-0.3, -0.25) is 4.79 Å². The van der Waals surface area contributed by atoms with Crippen LogP contribution in [0.15, 0.2) is 35.7 Å². The third-order valence-electron chi connectivity index (χ3n) is 2.70. The van der Waals surface area contributed by atoms with E-state index in [-0.39, 0.29) is 5.91 Å². The van der Waals surface area contributed by atoms with E-state index in [0.29, 0.717) is 35.4 Å². The Labute approximate surface area is 132 Å². The van der Waals surface area contributed by atoms with Crippen molar-refractivity contribution in [2.24, 2.45) is 0 Å². The lowest BCUT2D eigenvalue weighted by atomic mass is 10.3. The summed E-state index contributed by atoms with van der Waals surface area (Å²) >= 11 is 7.41. The fraction of sp³-hybridized carbons (Fsp3) is 0.267. The molecule has 1 aromatic heterocycles. The third kappa shape index (κ3) is 4.74. The zero-order valence-corrected chi connectivity index (χ0v) is 13.2. The van der Waals surface area contributed by atoms with Gasteiger partial charge in [-0.05, 0) is 23.6 Å². The van der Waals surface area contributed by atoms with Gasteiger partial charge in [-0.2, -0.15) is 0 Å². The topological polar surface area (TPSA) is 47.6 Å². The molecule has 0 fully saturated rings. The number of nitrogens with one attached hydrogen (secondary N) is 1. The highest BCUT2D eigenvalue weighted by molar-refractivity contribution is 7.12. The molecule has 0 bridgehead atoms. The van der Waals surface area contributed by atoms with Crippen molar-refractivity contribution in [1.29, 1.82) is 0 Å². The smallest absolute Gasteiger partial charge is 0.261 e. The van der Waals surface area contributed by atoms with E-state index >= 15 is 0 Å². The number of ether oxygens (including phenoxy) is 2. The van der Waals surface area contributed by atoms with Gasteiger partial charge in [0.1, 0.15) is 12.4 Å². The lowest BCUT2D eigenvalue weighted by Gasteiger charge is -2.06. The van der Waals surface area contributed by atoms with Crippen molar-refractivity contribution < 1.29 is 14.3 Å². The van der Waals surface area contributed by atoms with Crippen LogP contribution in [0.2, 0.25) is 5.02 Å².